The van der Waals surface area contributed by atoms with E-state index in [0.29, 0.717) is 6.04 Å². The summed E-state index contributed by atoms with van der Waals surface area (Å²) in [6.07, 6.45) is 6.61. The van der Waals surface area contributed by atoms with Gasteiger partial charge < -0.3 is 15.8 Å². The number of nitrogens with one attached hydrogen (secondary N) is 1. The van der Waals surface area contributed by atoms with Crippen molar-refractivity contribution in [2.45, 2.75) is 38.1 Å². The Bertz CT molecular complexity index is 176. The van der Waals surface area contributed by atoms with Crippen molar-refractivity contribution < 1.29 is 4.74 Å². The van der Waals surface area contributed by atoms with Crippen LogP contribution in [0.4, 0.5) is 0 Å². The maximum Gasteiger partial charge on any atom is 0.0469 e. The van der Waals surface area contributed by atoms with Gasteiger partial charge in [-0.1, -0.05) is 12.8 Å². The highest BCUT2D eigenvalue weighted by atomic mass is 16.5. The number of rotatable bonds is 6. The molecule has 2 rings (SSSR count). The second-order valence-corrected chi connectivity index (χ2v) is 4.98. The summed E-state index contributed by atoms with van der Waals surface area (Å²) in [6.45, 7) is 3.77. The number of ether oxygens (including phenoxy) is 1. The zero-order chi connectivity index (χ0) is 10.5. The minimum absolute atomic E-state index is 0.521. The predicted octanol–water partition coefficient (Wildman–Crippen LogP) is 1.13. The topological polar surface area (TPSA) is 47.3 Å². The van der Waals surface area contributed by atoms with Gasteiger partial charge in [-0.15, -0.1) is 0 Å². The Morgan fingerprint density at radius 1 is 1.20 bits per heavy atom. The fourth-order valence-electron chi connectivity index (χ4n) is 2.44. The summed E-state index contributed by atoms with van der Waals surface area (Å²) in [5.74, 6) is 1.76. The van der Waals surface area contributed by atoms with E-state index in [1.54, 1.807) is 0 Å². The maximum absolute atomic E-state index is 5.83. The van der Waals surface area contributed by atoms with Crippen molar-refractivity contribution in [2.24, 2.45) is 17.6 Å². The molecule has 88 valence electrons. The second-order valence-electron chi connectivity index (χ2n) is 4.98. The molecular weight excluding hydrogens is 188 g/mol. The molecule has 3 heteroatoms. The second kappa shape index (κ2) is 5.83. The van der Waals surface area contributed by atoms with Crippen LogP contribution in [0.3, 0.4) is 0 Å². The van der Waals surface area contributed by atoms with Crippen molar-refractivity contribution in [3.8, 4) is 0 Å². The Morgan fingerprint density at radius 3 is 2.53 bits per heavy atom. The van der Waals surface area contributed by atoms with Gasteiger partial charge in [-0.05, 0) is 37.6 Å². The first-order valence-corrected chi connectivity index (χ1v) is 6.41. The third kappa shape index (κ3) is 3.74. The van der Waals surface area contributed by atoms with Crippen LogP contribution < -0.4 is 11.1 Å². The van der Waals surface area contributed by atoms with E-state index in [0.717, 1.165) is 38.1 Å². The van der Waals surface area contributed by atoms with Gasteiger partial charge in [-0.25, -0.2) is 0 Å². The molecule has 0 spiro atoms. The Kier molecular flexibility index (Phi) is 4.42. The molecule has 1 saturated carbocycles. The predicted molar refractivity (Wildman–Crippen MR) is 61.7 cm³/mol. The summed E-state index contributed by atoms with van der Waals surface area (Å²) in [4.78, 5) is 0. The van der Waals surface area contributed by atoms with Crippen LogP contribution in [0.1, 0.15) is 32.1 Å². The molecule has 1 aliphatic carbocycles. The van der Waals surface area contributed by atoms with Gasteiger partial charge in [0.2, 0.25) is 0 Å². The van der Waals surface area contributed by atoms with Crippen LogP contribution >= 0.6 is 0 Å². The van der Waals surface area contributed by atoms with Gasteiger partial charge >= 0.3 is 0 Å². The molecule has 0 aromatic carbocycles. The smallest absolute Gasteiger partial charge is 0.0469 e. The Balaban J connectivity index is 1.64. The monoisotopic (exact) mass is 212 g/mol. The van der Waals surface area contributed by atoms with Gasteiger partial charge in [0, 0.05) is 25.8 Å². The summed E-state index contributed by atoms with van der Waals surface area (Å²) >= 11 is 0. The molecule has 1 saturated heterocycles. The van der Waals surface area contributed by atoms with E-state index in [2.05, 4.69) is 5.32 Å². The quantitative estimate of drug-likeness (QED) is 0.694. The van der Waals surface area contributed by atoms with Gasteiger partial charge in [0.1, 0.15) is 0 Å². The first-order chi connectivity index (χ1) is 7.40. The molecule has 0 bridgehead atoms. The van der Waals surface area contributed by atoms with E-state index in [1.807, 2.05) is 0 Å². The summed E-state index contributed by atoms with van der Waals surface area (Å²) in [5.41, 5.74) is 5.83. The van der Waals surface area contributed by atoms with Crippen LogP contribution in [0.25, 0.3) is 0 Å². The zero-order valence-electron chi connectivity index (χ0n) is 9.58. The summed E-state index contributed by atoms with van der Waals surface area (Å²) < 4.78 is 5.38. The lowest BCUT2D eigenvalue weighted by Crippen LogP contribution is -2.44. The lowest BCUT2D eigenvalue weighted by atomic mass is 9.91. The highest BCUT2D eigenvalue weighted by Gasteiger charge is 2.24. The van der Waals surface area contributed by atoms with E-state index < -0.39 is 0 Å². The van der Waals surface area contributed by atoms with E-state index in [-0.39, 0.29) is 0 Å². The Hall–Kier alpha value is -0.120. The van der Waals surface area contributed by atoms with Crippen LogP contribution in [-0.2, 0) is 4.74 Å². The van der Waals surface area contributed by atoms with Crippen molar-refractivity contribution in [1.29, 1.82) is 0 Å². The average molecular weight is 212 g/mol. The maximum atomic E-state index is 5.83. The van der Waals surface area contributed by atoms with Crippen LogP contribution in [0.2, 0.25) is 0 Å². The van der Waals surface area contributed by atoms with Crippen LogP contribution in [-0.4, -0.2) is 32.3 Å². The van der Waals surface area contributed by atoms with Crippen LogP contribution in [0, 0.1) is 11.8 Å². The van der Waals surface area contributed by atoms with Crippen LogP contribution in [0.5, 0.6) is 0 Å². The van der Waals surface area contributed by atoms with E-state index in [9.17, 15) is 0 Å². The van der Waals surface area contributed by atoms with E-state index >= 15 is 0 Å². The fourth-order valence-corrected chi connectivity index (χ4v) is 2.44. The van der Waals surface area contributed by atoms with E-state index in [4.69, 9.17) is 10.5 Å². The molecular formula is C12H24N2O. The highest BCUT2D eigenvalue weighted by molar-refractivity contribution is 4.81. The van der Waals surface area contributed by atoms with Crippen molar-refractivity contribution in [3.63, 3.8) is 0 Å². The zero-order valence-corrected chi connectivity index (χ0v) is 9.58. The number of nitrogens with two attached hydrogens (primary N) is 1. The fraction of sp³-hybridized carbons (Fsp3) is 1.00. The minimum atomic E-state index is 0.521. The van der Waals surface area contributed by atoms with Gasteiger partial charge in [0.15, 0.2) is 0 Å². The summed E-state index contributed by atoms with van der Waals surface area (Å²) in [7, 11) is 0. The van der Waals surface area contributed by atoms with Crippen molar-refractivity contribution in [2.75, 3.05) is 26.3 Å². The number of hydrogen-bond donors (Lipinski definition) is 2. The van der Waals surface area contributed by atoms with Crippen molar-refractivity contribution in [1.82, 2.24) is 5.32 Å². The summed E-state index contributed by atoms with van der Waals surface area (Å²) in [5, 5.41) is 3.63. The minimum Gasteiger partial charge on any atom is -0.381 e. The molecule has 3 nitrogen and oxygen atoms in total. The Morgan fingerprint density at radius 2 is 1.93 bits per heavy atom. The van der Waals surface area contributed by atoms with Crippen LogP contribution in [0.15, 0.2) is 0 Å². The number of hydrogen-bond acceptors (Lipinski definition) is 3. The molecule has 3 N–H and O–H groups in total. The molecule has 0 aromatic rings. The Labute approximate surface area is 92.7 Å². The standard InChI is InChI=1S/C12H24N2O/c13-9-12(11-4-7-15-8-5-11)14-6-3-10-1-2-10/h10-12,14H,1-9,13H2. The van der Waals surface area contributed by atoms with Gasteiger partial charge in [-0.2, -0.15) is 0 Å². The molecule has 0 aromatic heterocycles. The molecule has 2 aliphatic rings. The van der Waals surface area contributed by atoms with Crippen molar-refractivity contribution >= 4 is 0 Å². The summed E-state index contributed by atoms with van der Waals surface area (Å²) in [6, 6.07) is 0.521. The third-order valence-corrected chi connectivity index (χ3v) is 3.74. The molecule has 1 unspecified atom stereocenters. The molecule has 15 heavy (non-hydrogen) atoms. The third-order valence-electron chi connectivity index (χ3n) is 3.74. The lowest BCUT2D eigenvalue weighted by molar-refractivity contribution is 0.0547. The SMILES string of the molecule is NCC(NCCC1CC1)C1CCOCC1. The molecule has 1 aliphatic heterocycles. The largest absolute Gasteiger partial charge is 0.381 e. The average Bonchev–Trinajstić information content (AvgIpc) is 3.10. The lowest BCUT2D eigenvalue weighted by Gasteiger charge is -2.30. The molecule has 0 radical (unpaired) electrons. The van der Waals surface area contributed by atoms with Crippen molar-refractivity contribution in [3.05, 3.63) is 0 Å². The van der Waals surface area contributed by atoms with Gasteiger partial charge in [0.05, 0.1) is 0 Å². The highest BCUT2D eigenvalue weighted by Crippen LogP contribution is 2.31. The van der Waals surface area contributed by atoms with E-state index in [1.165, 1.54) is 32.1 Å². The molecule has 1 atom stereocenters. The van der Waals surface area contributed by atoms with Gasteiger partial charge in [-0.3, -0.25) is 0 Å². The first-order valence-electron chi connectivity index (χ1n) is 6.41. The molecule has 1 heterocycles. The molecule has 2 fully saturated rings. The normalized spacial score (nSPS) is 25.4. The molecule has 0 amide bonds. The van der Waals surface area contributed by atoms with Gasteiger partial charge in [0.25, 0.3) is 0 Å². The first kappa shape index (κ1) is 11.4.